The van der Waals surface area contributed by atoms with Gasteiger partial charge < -0.3 is 5.11 Å². The van der Waals surface area contributed by atoms with Crippen LogP contribution in [-0.4, -0.2) is 17.3 Å². The molecule has 4 bridgehead atoms. The molecule has 0 spiro atoms. The van der Waals surface area contributed by atoms with Crippen LogP contribution in [-0.2, 0) is 0 Å². The Hall–Kier alpha value is -0.120. The van der Waals surface area contributed by atoms with Crippen molar-refractivity contribution in [2.24, 2.45) is 35.4 Å². The van der Waals surface area contributed by atoms with Crippen molar-refractivity contribution in [3.63, 3.8) is 0 Å². The number of hydrogen-bond donors (Lipinski definition) is 3. The van der Waals surface area contributed by atoms with Crippen LogP contribution in [0.5, 0.6) is 0 Å². The summed E-state index contributed by atoms with van der Waals surface area (Å²) in [6.45, 7) is 2.50. The summed E-state index contributed by atoms with van der Waals surface area (Å²) in [5.41, 5.74) is 2.05. The standard InChI is InChI=1S/C13H24N2O/c1-13(16,7-15-14)12-10-3-8-2-9(5-10)6-11(12)4-8/h8-12,15-16H,2-7,14H2,1H3. The Bertz CT molecular complexity index is 249. The van der Waals surface area contributed by atoms with Gasteiger partial charge in [0.15, 0.2) is 0 Å². The van der Waals surface area contributed by atoms with E-state index >= 15 is 0 Å². The second-order valence-electron chi connectivity index (χ2n) is 6.69. The van der Waals surface area contributed by atoms with Crippen LogP contribution in [0.4, 0.5) is 0 Å². The lowest BCUT2D eigenvalue weighted by Gasteiger charge is -2.58. The van der Waals surface area contributed by atoms with Gasteiger partial charge in [0.25, 0.3) is 0 Å². The Morgan fingerprint density at radius 2 is 1.62 bits per heavy atom. The topological polar surface area (TPSA) is 58.3 Å². The van der Waals surface area contributed by atoms with E-state index in [0.29, 0.717) is 12.5 Å². The molecule has 0 aromatic heterocycles. The van der Waals surface area contributed by atoms with E-state index in [2.05, 4.69) is 5.43 Å². The zero-order valence-corrected chi connectivity index (χ0v) is 10.2. The zero-order valence-electron chi connectivity index (χ0n) is 10.2. The van der Waals surface area contributed by atoms with Crippen LogP contribution in [0.1, 0.15) is 39.0 Å². The normalized spacial score (nSPS) is 49.3. The van der Waals surface area contributed by atoms with Gasteiger partial charge in [-0.3, -0.25) is 11.3 Å². The minimum Gasteiger partial charge on any atom is -0.388 e. The number of hydrazine groups is 1. The van der Waals surface area contributed by atoms with Gasteiger partial charge in [-0.15, -0.1) is 0 Å². The van der Waals surface area contributed by atoms with Crippen LogP contribution < -0.4 is 11.3 Å². The van der Waals surface area contributed by atoms with Crippen molar-refractivity contribution in [1.82, 2.24) is 5.43 Å². The quantitative estimate of drug-likeness (QED) is 0.500. The molecule has 4 fully saturated rings. The highest BCUT2D eigenvalue weighted by molar-refractivity contribution is 5.03. The van der Waals surface area contributed by atoms with E-state index in [0.717, 1.165) is 23.7 Å². The fraction of sp³-hybridized carbons (Fsp3) is 1.00. The average Bonchev–Trinajstić information content (AvgIpc) is 2.14. The lowest BCUT2D eigenvalue weighted by atomic mass is 9.49. The molecule has 3 nitrogen and oxygen atoms in total. The van der Waals surface area contributed by atoms with Gasteiger partial charge in [-0.25, -0.2) is 0 Å². The summed E-state index contributed by atoms with van der Waals surface area (Å²) < 4.78 is 0. The van der Waals surface area contributed by atoms with E-state index in [1.54, 1.807) is 0 Å². The lowest BCUT2D eigenvalue weighted by molar-refractivity contribution is -0.133. The first-order chi connectivity index (χ1) is 7.60. The van der Waals surface area contributed by atoms with Crippen molar-refractivity contribution < 1.29 is 5.11 Å². The molecular formula is C13H24N2O. The number of nitrogens with one attached hydrogen (secondary N) is 1. The molecule has 0 radical (unpaired) electrons. The van der Waals surface area contributed by atoms with E-state index in [1.165, 1.54) is 32.1 Å². The predicted molar refractivity (Wildman–Crippen MR) is 63.3 cm³/mol. The van der Waals surface area contributed by atoms with Gasteiger partial charge >= 0.3 is 0 Å². The van der Waals surface area contributed by atoms with Crippen LogP contribution in [0.2, 0.25) is 0 Å². The van der Waals surface area contributed by atoms with Gasteiger partial charge in [-0.1, -0.05) is 0 Å². The molecule has 4 N–H and O–H groups in total. The summed E-state index contributed by atoms with van der Waals surface area (Å²) in [4.78, 5) is 0. The highest BCUT2D eigenvalue weighted by Crippen LogP contribution is 2.58. The Morgan fingerprint density at radius 1 is 1.12 bits per heavy atom. The van der Waals surface area contributed by atoms with Crippen LogP contribution in [0.25, 0.3) is 0 Å². The van der Waals surface area contributed by atoms with Crippen molar-refractivity contribution >= 4 is 0 Å². The monoisotopic (exact) mass is 224 g/mol. The molecule has 0 aromatic carbocycles. The van der Waals surface area contributed by atoms with Crippen molar-refractivity contribution in [2.75, 3.05) is 6.54 Å². The van der Waals surface area contributed by atoms with Crippen molar-refractivity contribution in [3.8, 4) is 0 Å². The van der Waals surface area contributed by atoms with E-state index in [-0.39, 0.29) is 0 Å². The van der Waals surface area contributed by atoms with Gasteiger partial charge in [0, 0.05) is 6.54 Å². The first-order valence-electron chi connectivity index (χ1n) is 6.76. The molecule has 4 rings (SSSR count). The molecular weight excluding hydrogens is 200 g/mol. The molecule has 0 saturated heterocycles. The fourth-order valence-electron chi connectivity index (χ4n) is 5.27. The second-order valence-corrected chi connectivity index (χ2v) is 6.69. The summed E-state index contributed by atoms with van der Waals surface area (Å²) in [5, 5.41) is 10.6. The van der Waals surface area contributed by atoms with Crippen LogP contribution in [0, 0.1) is 29.6 Å². The van der Waals surface area contributed by atoms with E-state index < -0.39 is 5.60 Å². The number of nitrogens with two attached hydrogens (primary N) is 1. The first-order valence-corrected chi connectivity index (χ1v) is 6.76. The Kier molecular flexibility index (Phi) is 2.54. The van der Waals surface area contributed by atoms with Crippen LogP contribution >= 0.6 is 0 Å². The average molecular weight is 224 g/mol. The molecule has 3 heteroatoms. The molecule has 4 aliphatic carbocycles. The third kappa shape index (κ3) is 1.60. The molecule has 1 atom stereocenters. The molecule has 1 unspecified atom stereocenters. The summed E-state index contributed by atoms with van der Waals surface area (Å²) in [5.74, 6) is 9.35. The minimum absolute atomic E-state index is 0.483. The SMILES string of the molecule is CC(O)(CNN)C1C2CC3CC(C2)CC1C3. The lowest BCUT2D eigenvalue weighted by Crippen LogP contribution is -2.57. The molecule has 92 valence electrons. The third-order valence-electron chi connectivity index (χ3n) is 5.40. The summed E-state index contributed by atoms with van der Waals surface area (Å²) >= 11 is 0. The van der Waals surface area contributed by atoms with Gasteiger partial charge in [0.1, 0.15) is 0 Å². The highest BCUT2D eigenvalue weighted by atomic mass is 16.3. The maximum absolute atomic E-state index is 10.6. The molecule has 0 aliphatic heterocycles. The molecule has 0 heterocycles. The molecule has 0 aromatic rings. The van der Waals surface area contributed by atoms with Gasteiger partial charge in [-0.2, -0.15) is 0 Å². The summed E-state index contributed by atoms with van der Waals surface area (Å²) in [7, 11) is 0. The summed E-state index contributed by atoms with van der Waals surface area (Å²) in [6.07, 6.45) is 6.91. The minimum atomic E-state index is -0.614. The van der Waals surface area contributed by atoms with E-state index in [1.807, 2.05) is 6.92 Å². The first kappa shape index (κ1) is 11.0. The Morgan fingerprint density at radius 3 is 2.06 bits per heavy atom. The van der Waals surface area contributed by atoms with E-state index in [9.17, 15) is 5.11 Å². The van der Waals surface area contributed by atoms with Gasteiger partial charge in [0.2, 0.25) is 0 Å². The predicted octanol–water partition coefficient (Wildman–Crippen LogP) is 1.27. The molecule has 0 amide bonds. The molecule has 4 aliphatic rings. The Balaban J connectivity index is 1.81. The summed E-state index contributed by atoms with van der Waals surface area (Å²) in [6, 6.07) is 0. The smallest absolute Gasteiger partial charge is 0.0790 e. The molecule has 16 heavy (non-hydrogen) atoms. The van der Waals surface area contributed by atoms with Gasteiger partial charge in [-0.05, 0) is 68.6 Å². The van der Waals surface area contributed by atoms with Crippen molar-refractivity contribution in [1.29, 1.82) is 0 Å². The van der Waals surface area contributed by atoms with E-state index in [4.69, 9.17) is 5.84 Å². The fourth-order valence-corrected chi connectivity index (χ4v) is 5.27. The maximum Gasteiger partial charge on any atom is 0.0790 e. The zero-order chi connectivity index (χ0) is 11.3. The molecule has 4 saturated carbocycles. The van der Waals surface area contributed by atoms with Crippen LogP contribution in [0.3, 0.4) is 0 Å². The Labute approximate surface area is 97.8 Å². The van der Waals surface area contributed by atoms with Crippen molar-refractivity contribution in [2.45, 2.75) is 44.6 Å². The van der Waals surface area contributed by atoms with Crippen LogP contribution in [0.15, 0.2) is 0 Å². The highest BCUT2D eigenvalue weighted by Gasteiger charge is 2.53. The maximum atomic E-state index is 10.6. The largest absolute Gasteiger partial charge is 0.388 e. The van der Waals surface area contributed by atoms with Crippen molar-refractivity contribution in [3.05, 3.63) is 0 Å². The number of rotatable bonds is 3. The third-order valence-corrected chi connectivity index (χ3v) is 5.40. The number of aliphatic hydroxyl groups is 1. The number of hydrogen-bond acceptors (Lipinski definition) is 3. The van der Waals surface area contributed by atoms with Gasteiger partial charge in [0.05, 0.1) is 5.60 Å². The second kappa shape index (κ2) is 3.69.